The van der Waals surface area contributed by atoms with Crippen molar-refractivity contribution in [1.29, 1.82) is 0 Å². The fourth-order valence-electron chi connectivity index (χ4n) is 1.92. The molecule has 2 rings (SSSR count). The molecule has 1 aliphatic rings. The average molecular weight is 275 g/mol. The standard InChI is InChI=1S/C15H21N3O2/c1-10(8-9-16)14(19)18-13-5-3-2-4-12(13)15(20)17-11-6-7-11/h2-5,10-11H,6-9,16H2,1H3,(H,17,20)(H,18,19). The summed E-state index contributed by atoms with van der Waals surface area (Å²) in [6, 6.07) is 7.36. The maximum Gasteiger partial charge on any atom is 0.253 e. The van der Waals surface area contributed by atoms with Gasteiger partial charge in [-0.05, 0) is 37.9 Å². The normalized spacial score (nSPS) is 15.5. The lowest BCUT2D eigenvalue weighted by atomic mass is 10.1. The van der Waals surface area contributed by atoms with E-state index in [1.165, 1.54) is 0 Å². The molecule has 2 amide bonds. The first-order valence-electron chi connectivity index (χ1n) is 7.02. The van der Waals surface area contributed by atoms with Gasteiger partial charge in [-0.1, -0.05) is 19.1 Å². The van der Waals surface area contributed by atoms with Crippen molar-refractivity contribution < 1.29 is 9.59 Å². The first-order chi connectivity index (χ1) is 9.61. The first kappa shape index (κ1) is 14.5. The maximum absolute atomic E-state index is 12.1. The molecule has 0 spiro atoms. The van der Waals surface area contributed by atoms with Crippen LogP contribution in [-0.4, -0.2) is 24.4 Å². The van der Waals surface area contributed by atoms with Gasteiger partial charge in [0, 0.05) is 12.0 Å². The Morgan fingerprint density at radius 3 is 2.70 bits per heavy atom. The molecule has 1 unspecified atom stereocenters. The van der Waals surface area contributed by atoms with Gasteiger partial charge < -0.3 is 16.4 Å². The molecule has 5 nitrogen and oxygen atoms in total. The van der Waals surface area contributed by atoms with Crippen LogP contribution in [0.5, 0.6) is 0 Å². The lowest BCUT2D eigenvalue weighted by Gasteiger charge is -2.14. The average Bonchev–Trinajstić information content (AvgIpc) is 3.23. The van der Waals surface area contributed by atoms with Crippen LogP contribution >= 0.6 is 0 Å². The van der Waals surface area contributed by atoms with Crippen molar-refractivity contribution in [2.45, 2.75) is 32.2 Å². The predicted octanol–water partition coefficient (Wildman–Crippen LogP) is 1.50. The van der Waals surface area contributed by atoms with Gasteiger partial charge in [0.15, 0.2) is 0 Å². The molecular weight excluding hydrogens is 254 g/mol. The van der Waals surface area contributed by atoms with Crippen LogP contribution < -0.4 is 16.4 Å². The van der Waals surface area contributed by atoms with E-state index in [4.69, 9.17) is 5.73 Å². The van der Waals surface area contributed by atoms with Gasteiger partial charge in [-0.3, -0.25) is 9.59 Å². The van der Waals surface area contributed by atoms with Gasteiger partial charge in [-0.2, -0.15) is 0 Å². The Morgan fingerprint density at radius 2 is 2.05 bits per heavy atom. The van der Waals surface area contributed by atoms with Gasteiger partial charge >= 0.3 is 0 Å². The molecule has 20 heavy (non-hydrogen) atoms. The monoisotopic (exact) mass is 275 g/mol. The smallest absolute Gasteiger partial charge is 0.253 e. The van der Waals surface area contributed by atoms with Crippen molar-refractivity contribution in [3.8, 4) is 0 Å². The second kappa shape index (κ2) is 6.52. The lowest BCUT2D eigenvalue weighted by molar-refractivity contribution is -0.119. The Morgan fingerprint density at radius 1 is 1.35 bits per heavy atom. The van der Waals surface area contributed by atoms with E-state index in [1.54, 1.807) is 24.3 Å². The van der Waals surface area contributed by atoms with Gasteiger partial charge in [0.05, 0.1) is 11.3 Å². The summed E-state index contributed by atoms with van der Waals surface area (Å²) in [5, 5.41) is 5.74. The molecule has 1 aromatic carbocycles. The summed E-state index contributed by atoms with van der Waals surface area (Å²) in [6.07, 6.45) is 2.70. The Hall–Kier alpha value is -1.88. The zero-order valence-electron chi connectivity index (χ0n) is 11.7. The summed E-state index contributed by atoms with van der Waals surface area (Å²) in [5.74, 6) is -0.406. The quantitative estimate of drug-likeness (QED) is 0.735. The van der Waals surface area contributed by atoms with Crippen LogP contribution in [0.25, 0.3) is 0 Å². The van der Waals surface area contributed by atoms with E-state index in [-0.39, 0.29) is 17.7 Å². The SMILES string of the molecule is CC(CCN)C(=O)Nc1ccccc1C(=O)NC1CC1. The summed E-state index contributed by atoms with van der Waals surface area (Å²) in [4.78, 5) is 24.1. The van der Waals surface area contributed by atoms with Crippen LogP contribution in [0, 0.1) is 5.92 Å². The van der Waals surface area contributed by atoms with Crippen LogP contribution in [-0.2, 0) is 4.79 Å². The largest absolute Gasteiger partial charge is 0.349 e. The highest BCUT2D eigenvalue weighted by Crippen LogP contribution is 2.22. The zero-order chi connectivity index (χ0) is 14.5. The molecule has 4 N–H and O–H groups in total. The fourth-order valence-corrected chi connectivity index (χ4v) is 1.92. The van der Waals surface area contributed by atoms with E-state index < -0.39 is 0 Å². The number of rotatable bonds is 6. The fraction of sp³-hybridized carbons (Fsp3) is 0.467. The molecule has 1 aromatic rings. The van der Waals surface area contributed by atoms with Gasteiger partial charge in [-0.25, -0.2) is 0 Å². The van der Waals surface area contributed by atoms with E-state index in [0.717, 1.165) is 12.8 Å². The number of benzene rings is 1. The maximum atomic E-state index is 12.1. The Balaban J connectivity index is 2.06. The molecule has 0 bridgehead atoms. The molecule has 5 heteroatoms. The highest BCUT2D eigenvalue weighted by atomic mass is 16.2. The molecule has 0 aliphatic heterocycles. The van der Waals surface area contributed by atoms with Crippen molar-refractivity contribution in [2.75, 3.05) is 11.9 Å². The van der Waals surface area contributed by atoms with Crippen LogP contribution in [0.1, 0.15) is 36.5 Å². The van der Waals surface area contributed by atoms with E-state index in [2.05, 4.69) is 10.6 Å². The van der Waals surface area contributed by atoms with Crippen molar-refractivity contribution in [3.63, 3.8) is 0 Å². The Bertz CT molecular complexity index is 498. The number of anilines is 1. The number of nitrogens with two attached hydrogens (primary N) is 1. The minimum atomic E-state index is -0.167. The number of carbonyl (C=O) groups excluding carboxylic acids is 2. The molecule has 1 saturated carbocycles. The van der Waals surface area contributed by atoms with Crippen molar-refractivity contribution in [1.82, 2.24) is 5.32 Å². The number of carbonyl (C=O) groups is 2. The third-order valence-electron chi connectivity index (χ3n) is 3.39. The predicted molar refractivity (Wildman–Crippen MR) is 78.4 cm³/mol. The van der Waals surface area contributed by atoms with Gasteiger partial charge in [0.25, 0.3) is 5.91 Å². The van der Waals surface area contributed by atoms with Crippen molar-refractivity contribution >= 4 is 17.5 Å². The van der Waals surface area contributed by atoms with E-state index in [1.807, 2.05) is 6.92 Å². The highest BCUT2D eigenvalue weighted by Gasteiger charge is 2.25. The summed E-state index contributed by atoms with van der Waals surface area (Å²) in [6.45, 7) is 2.30. The van der Waals surface area contributed by atoms with E-state index >= 15 is 0 Å². The molecule has 1 fully saturated rings. The van der Waals surface area contributed by atoms with E-state index in [0.29, 0.717) is 30.3 Å². The summed E-state index contributed by atoms with van der Waals surface area (Å²) in [5.41, 5.74) is 6.52. The molecular formula is C15H21N3O2. The van der Waals surface area contributed by atoms with Crippen LogP contribution in [0.3, 0.4) is 0 Å². The Labute approximate surface area is 118 Å². The summed E-state index contributed by atoms with van der Waals surface area (Å²) < 4.78 is 0. The molecule has 1 atom stereocenters. The lowest BCUT2D eigenvalue weighted by Crippen LogP contribution is -2.28. The molecule has 0 radical (unpaired) electrons. The van der Waals surface area contributed by atoms with Gasteiger partial charge in [0.2, 0.25) is 5.91 Å². The minimum Gasteiger partial charge on any atom is -0.349 e. The number of hydrogen-bond acceptors (Lipinski definition) is 3. The zero-order valence-corrected chi connectivity index (χ0v) is 11.7. The minimum absolute atomic E-state index is 0.109. The van der Waals surface area contributed by atoms with E-state index in [9.17, 15) is 9.59 Å². The van der Waals surface area contributed by atoms with Crippen molar-refractivity contribution in [3.05, 3.63) is 29.8 Å². The highest BCUT2D eigenvalue weighted by molar-refractivity contribution is 6.04. The number of amides is 2. The number of para-hydroxylation sites is 1. The second-order valence-electron chi connectivity index (χ2n) is 5.26. The summed E-state index contributed by atoms with van der Waals surface area (Å²) >= 11 is 0. The topological polar surface area (TPSA) is 84.2 Å². The number of hydrogen-bond donors (Lipinski definition) is 3. The molecule has 108 valence electrons. The van der Waals surface area contributed by atoms with Crippen LogP contribution in [0.2, 0.25) is 0 Å². The first-order valence-corrected chi connectivity index (χ1v) is 7.02. The van der Waals surface area contributed by atoms with Gasteiger partial charge in [0.1, 0.15) is 0 Å². The Kier molecular flexibility index (Phi) is 4.74. The summed E-state index contributed by atoms with van der Waals surface area (Å²) in [7, 11) is 0. The third-order valence-corrected chi connectivity index (χ3v) is 3.39. The molecule has 0 heterocycles. The molecule has 1 aliphatic carbocycles. The molecule has 0 aromatic heterocycles. The second-order valence-corrected chi connectivity index (χ2v) is 5.26. The third kappa shape index (κ3) is 3.81. The van der Waals surface area contributed by atoms with Crippen molar-refractivity contribution in [2.24, 2.45) is 11.7 Å². The van der Waals surface area contributed by atoms with Gasteiger partial charge in [-0.15, -0.1) is 0 Å². The van der Waals surface area contributed by atoms with Crippen LogP contribution in [0.4, 0.5) is 5.69 Å². The molecule has 0 saturated heterocycles. The number of nitrogens with one attached hydrogen (secondary N) is 2. The van der Waals surface area contributed by atoms with Crippen LogP contribution in [0.15, 0.2) is 24.3 Å².